The van der Waals surface area contributed by atoms with Gasteiger partial charge in [-0.25, -0.2) is 0 Å². The summed E-state index contributed by atoms with van der Waals surface area (Å²) in [5.41, 5.74) is 6.46. The average molecular weight is 325 g/mol. The third-order valence-electron chi connectivity index (χ3n) is 4.54. The molecule has 0 radical (unpaired) electrons. The molecule has 5 heteroatoms. The number of ether oxygens (including phenoxy) is 1. The zero-order chi connectivity index (χ0) is 14.8. The molecule has 0 spiro atoms. The van der Waals surface area contributed by atoms with Gasteiger partial charge < -0.3 is 15.4 Å². The van der Waals surface area contributed by atoms with Gasteiger partial charge in [-0.15, -0.1) is 12.4 Å². The molecule has 2 fully saturated rings. The molecule has 2 N–H and O–H groups in total. The smallest absolute Gasteiger partial charge is 0.254 e. The summed E-state index contributed by atoms with van der Waals surface area (Å²) in [4.78, 5) is 14.5. The number of halogens is 1. The number of benzene rings is 1. The van der Waals surface area contributed by atoms with Gasteiger partial charge in [0.1, 0.15) is 5.75 Å². The van der Waals surface area contributed by atoms with Crippen LogP contribution in [0.4, 0.5) is 0 Å². The molecule has 0 aromatic heterocycles. The lowest BCUT2D eigenvalue weighted by atomic mass is 10.1. The Morgan fingerprint density at radius 2 is 1.95 bits per heavy atom. The zero-order valence-corrected chi connectivity index (χ0v) is 13.8. The van der Waals surface area contributed by atoms with Crippen molar-refractivity contribution in [2.24, 2.45) is 17.6 Å². The first-order valence-corrected chi connectivity index (χ1v) is 7.91. The summed E-state index contributed by atoms with van der Waals surface area (Å²) in [5.74, 6) is 2.13. The molecular formula is C17H25ClN2O2. The number of hydrogen-bond donors (Lipinski definition) is 1. The van der Waals surface area contributed by atoms with E-state index in [1.807, 2.05) is 29.2 Å². The molecule has 0 bridgehead atoms. The standard InChI is InChI=1S/C17H24N2O2.ClH/c1-12-8-14(9-18)10-19(12)17(20)15-4-6-16(7-5-15)21-11-13-2-3-13;/h4-7,12-14H,2-3,8-11,18H2,1H3;1H. The number of nitrogens with zero attached hydrogens (tertiary/aromatic N) is 1. The van der Waals surface area contributed by atoms with Crippen molar-refractivity contribution in [1.29, 1.82) is 0 Å². The van der Waals surface area contributed by atoms with Crippen LogP contribution in [0.2, 0.25) is 0 Å². The molecular weight excluding hydrogens is 300 g/mol. The Hall–Kier alpha value is -1.26. The number of amides is 1. The Bertz CT molecular complexity index is 502. The van der Waals surface area contributed by atoms with E-state index in [0.717, 1.165) is 36.8 Å². The molecule has 2 atom stereocenters. The third kappa shape index (κ3) is 3.93. The minimum atomic E-state index is 0. The highest BCUT2D eigenvalue weighted by atomic mass is 35.5. The number of likely N-dealkylation sites (tertiary alicyclic amines) is 1. The van der Waals surface area contributed by atoms with Crippen LogP contribution in [0.25, 0.3) is 0 Å². The maximum atomic E-state index is 12.6. The fourth-order valence-corrected chi connectivity index (χ4v) is 2.95. The molecule has 1 heterocycles. The van der Waals surface area contributed by atoms with Gasteiger partial charge in [0.25, 0.3) is 5.91 Å². The van der Waals surface area contributed by atoms with E-state index in [4.69, 9.17) is 10.5 Å². The van der Waals surface area contributed by atoms with Crippen molar-refractivity contribution >= 4 is 18.3 Å². The lowest BCUT2D eigenvalue weighted by molar-refractivity contribution is 0.0743. The molecule has 2 aliphatic rings. The SMILES string of the molecule is CC1CC(CN)CN1C(=O)c1ccc(OCC2CC2)cc1.Cl. The van der Waals surface area contributed by atoms with Gasteiger partial charge in [0.05, 0.1) is 6.61 Å². The van der Waals surface area contributed by atoms with Gasteiger partial charge in [-0.2, -0.15) is 0 Å². The molecule has 1 saturated heterocycles. The Morgan fingerprint density at radius 3 is 2.50 bits per heavy atom. The van der Waals surface area contributed by atoms with E-state index in [2.05, 4.69) is 6.92 Å². The summed E-state index contributed by atoms with van der Waals surface area (Å²) < 4.78 is 5.70. The summed E-state index contributed by atoms with van der Waals surface area (Å²) in [5, 5.41) is 0. The number of carbonyl (C=O) groups is 1. The highest BCUT2D eigenvalue weighted by Crippen LogP contribution is 2.30. The monoisotopic (exact) mass is 324 g/mol. The minimum absolute atomic E-state index is 0. The lowest BCUT2D eigenvalue weighted by Crippen LogP contribution is -2.34. The van der Waals surface area contributed by atoms with Gasteiger partial charge in [0.2, 0.25) is 0 Å². The van der Waals surface area contributed by atoms with Crippen molar-refractivity contribution in [2.45, 2.75) is 32.2 Å². The van der Waals surface area contributed by atoms with E-state index in [1.54, 1.807) is 0 Å². The summed E-state index contributed by atoms with van der Waals surface area (Å²) in [6.07, 6.45) is 3.57. The number of hydrogen-bond acceptors (Lipinski definition) is 3. The zero-order valence-electron chi connectivity index (χ0n) is 13.0. The summed E-state index contributed by atoms with van der Waals surface area (Å²) in [6, 6.07) is 7.81. The summed E-state index contributed by atoms with van der Waals surface area (Å²) in [6.45, 7) is 4.33. The van der Waals surface area contributed by atoms with E-state index in [9.17, 15) is 4.79 Å². The Labute approximate surface area is 138 Å². The second-order valence-electron chi connectivity index (χ2n) is 6.42. The van der Waals surface area contributed by atoms with Crippen molar-refractivity contribution in [2.75, 3.05) is 19.7 Å². The summed E-state index contributed by atoms with van der Waals surface area (Å²) >= 11 is 0. The van der Waals surface area contributed by atoms with E-state index < -0.39 is 0 Å². The molecule has 1 amide bonds. The highest BCUT2D eigenvalue weighted by molar-refractivity contribution is 5.94. The minimum Gasteiger partial charge on any atom is -0.493 e. The third-order valence-corrected chi connectivity index (χ3v) is 4.54. The van der Waals surface area contributed by atoms with Crippen molar-refractivity contribution in [3.63, 3.8) is 0 Å². The number of carbonyl (C=O) groups excluding carboxylic acids is 1. The second-order valence-corrected chi connectivity index (χ2v) is 6.42. The van der Waals surface area contributed by atoms with E-state index in [0.29, 0.717) is 12.5 Å². The molecule has 122 valence electrons. The first-order chi connectivity index (χ1) is 10.2. The van der Waals surface area contributed by atoms with Crippen molar-refractivity contribution in [1.82, 2.24) is 4.90 Å². The predicted molar refractivity (Wildman–Crippen MR) is 89.6 cm³/mol. The van der Waals surface area contributed by atoms with Crippen LogP contribution < -0.4 is 10.5 Å². The lowest BCUT2D eigenvalue weighted by Gasteiger charge is -2.21. The first kappa shape index (κ1) is 17.1. The van der Waals surface area contributed by atoms with Gasteiger partial charge in [0.15, 0.2) is 0 Å². The van der Waals surface area contributed by atoms with Crippen LogP contribution in [-0.4, -0.2) is 36.5 Å². The van der Waals surface area contributed by atoms with Gasteiger partial charge in [0, 0.05) is 18.2 Å². The summed E-state index contributed by atoms with van der Waals surface area (Å²) in [7, 11) is 0. The fraction of sp³-hybridized carbons (Fsp3) is 0.588. The van der Waals surface area contributed by atoms with E-state index in [-0.39, 0.29) is 24.4 Å². The van der Waals surface area contributed by atoms with Crippen LogP contribution in [0, 0.1) is 11.8 Å². The van der Waals surface area contributed by atoms with E-state index in [1.165, 1.54) is 12.8 Å². The number of rotatable bonds is 5. The largest absolute Gasteiger partial charge is 0.493 e. The Balaban J connectivity index is 0.00000176. The highest BCUT2D eigenvalue weighted by Gasteiger charge is 2.32. The molecule has 1 aromatic carbocycles. The maximum Gasteiger partial charge on any atom is 0.254 e. The van der Waals surface area contributed by atoms with Gasteiger partial charge in [-0.3, -0.25) is 4.79 Å². The van der Waals surface area contributed by atoms with Gasteiger partial charge >= 0.3 is 0 Å². The molecule has 1 aliphatic carbocycles. The normalized spacial score (nSPS) is 24.0. The van der Waals surface area contributed by atoms with Crippen LogP contribution >= 0.6 is 12.4 Å². The predicted octanol–water partition coefficient (Wildman–Crippen LogP) is 2.71. The van der Waals surface area contributed by atoms with Crippen LogP contribution in [0.3, 0.4) is 0 Å². The number of nitrogens with two attached hydrogens (primary N) is 1. The van der Waals surface area contributed by atoms with Crippen LogP contribution in [0.5, 0.6) is 5.75 Å². The molecule has 2 unspecified atom stereocenters. The van der Waals surface area contributed by atoms with Gasteiger partial charge in [-0.05, 0) is 68.8 Å². The van der Waals surface area contributed by atoms with Crippen molar-refractivity contribution < 1.29 is 9.53 Å². The molecule has 1 aliphatic heterocycles. The molecule has 22 heavy (non-hydrogen) atoms. The van der Waals surface area contributed by atoms with Crippen molar-refractivity contribution in [3.05, 3.63) is 29.8 Å². The Kier molecular flexibility index (Phi) is 5.70. The molecule has 1 aromatic rings. The van der Waals surface area contributed by atoms with Crippen LogP contribution in [0.15, 0.2) is 24.3 Å². The average Bonchev–Trinajstić information content (AvgIpc) is 3.26. The van der Waals surface area contributed by atoms with Crippen molar-refractivity contribution in [3.8, 4) is 5.75 Å². The van der Waals surface area contributed by atoms with Crippen LogP contribution in [-0.2, 0) is 0 Å². The molecule has 4 nitrogen and oxygen atoms in total. The fourth-order valence-electron chi connectivity index (χ4n) is 2.95. The molecule has 1 saturated carbocycles. The first-order valence-electron chi connectivity index (χ1n) is 7.91. The topological polar surface area (TPSA) is 55.6 Å². The maximum absolute atomic E-state index is 12.6. The van der Waals surface area contributed by atoms with E-state index >= 15 is 0 Å². The second kappa shape index (κ2) is 7.34. The Morgan fingerprint density at radius 1 is 1.27 bits per heavy atom. The van der Waals surface area contributed by atoms with Gasteiger partial charge in [-0.1, -0.05) is 0 Å². The quantitative estimate of drug-likeness (QED) is 0.906. The van der Waals surface area contributed by atoms with Crippen LogP contribution in [0.1, 0.15) is 36.5 Å². The molecule has 3 rings (SSSR count).